The molecule has 4 N–H and O–H groups in total. The van der Waals surface area contributed by atoms with Crippen molar-refractivity contribution >= 4 is 0 Å². The van der Waals surface area contributed by atoms with Crippen molar-refractivity contribution in [1.82, 2.24) is 0 Å². The van der Waals surface area contributed by atoms with Crippen molar-refractivity contribution in [2.24, 2.45) is 0 Å². The van der Waals surface area contributed by atoms with E-state index in [9.17, 15) is 0 Å². The summed E-state index contributed by atoms with van der Waals surface area (Å²) in [6.45, 7) is 0. The van der Waals surface area contributed by atoms with Crippen LogP contribution in [0.2, 0.25) is 0 Å². The number of benzene rings is 1. The third-order valence-corrected chi connectivity index (χ3v) is 1.64. The minimum absolute atomic E-state index is 0.0871. The van der Waals surface area contributed by atoms with E-state index >= 15 is 0 Å². The van der Waals surface area contributed by atoms with E-state index in [1.54, 1.807) is 12.1 Å². The van der Waals surface area contributed by atoms with Gasteiger partial charge in [0.1, 0.15) is 0 Å². The van der Waals surface area contributed by atoms with Crippen molar-refractivity contribution in [3.05, 3.63) is 35.4 Å². The first kappa shape index (κ1) is 10.1. The fraction of sp³-hybridized carbons (Fsp3) is 0.250. The van der Waals surface area contributed by atoms with E-state index in [-0.39, 0.29) is 11.1 Å². The monoisotopic (exact) mass is 186 g/mol. The lowest BCUT2D eigenvalue weighted by Gasteiger charge is -2.13. The van der Waals surface area contributed by atoms with Crippen LogP contribution in [-0.4, -0.2) is 20.6 Å². The van der Waals surface area contributed by atoms with Crippen LogP contribution in [0, 0.1) is 0 Å². The van der Waals surface area contributed by atoms with E-state index < -0.39 is 12.6 Å². The molecule has 5 heteroatoms. The molecular weight excluding hydrogens is 176 g/mol. The summed E-state index contributed by atoms with van der Waals surface area (Å²) in [6.07, 6.45) is -3.28. The maximum Gasteiger partial charge on any atom is 0.215 e. The van der Waals surface area contributed by atoms with Gasteiger partial charge in [-0.25, -0.2) is 10.1 Å². The van der Waals surface area contributed by atoms with E-state index in [4.69, 9.17) is 20.6 Å². The van der Waals surface area contributed by atoms with E-state index in [1.807, 2.05) is 0 Å². The average molecular weight is 186 g/mol. The first-order chi connectivity index (χ1) is 6.16. The predicted molar refractivity (Wildman–Crippen MR) is 42.3 cm³/mol. The molecule has 0 aliphatic rings. The Bertz CT molecular complexity index is 273. The molecule has 0 saturated heterocycles. The summed E-state index contributed by atoms with van der Waals surface area (Å²) in [4.78, 5) is 3.66. The maximum absolute atomic E-state index is 9.06. The minimum Gasteiger partial charge on any atom is -0.364 e. The van der Waals surface area contributed by atoms with Gasteiger partial charge in [-0.05, 0) is 0 Å². The fourth-order valence-corrected chi connectivity index (χ4v) is 1.03. The highest BCUT2D eigenvalue weighted by Crippen LogP contribution is 2.22. The molecule has 0 heterocycles. The summed E-state index contributed by atoms with van der Waals surface area (Å²) in [5, 5.41) is 35.0. The van der Waals surface area contributed by atoms with Gasteiger partial charge in [-0.1, -0.05) is 24.3 Å². The summed E-state index contributed by atoms with van der Waals surface area (Å²) in [5.41, 5.74) is 0.198. The maximum atomic E-state index is 9.06. The molecule has 0 fully saturated rings. The Morgan fingerprint density at radius 1 is 1.00 bits per heavy atom. The normalized spacial score (nSPS) is 13.3. The van der Waals surface area contributed by atoms with E-state index in [0.29, 0.717) is 0 Å². The highest BCUT2D eigenvalue weighted by Gasteiger charge is 2.15. The number of aliphatic hydroxyl groups excluding tert-OH is 2. The van der Waals surface area contributed by atoms with Crippen molar-refractivity contribution in [3.8, 4) is 0 Å². The molecule has 1 unspecified atom stereocenters. The molecular formula is C8H10O5. The third-order valence-electron chi connectivity index (χ3n) is 1.64. The Hall–Kier alpha value is -0.980. The lowest BCUT2D eigenvalue weighted by Crippen LogP contribution is -2.07. The quantitative estimate of drug-likeness (QED) is 0.306. The lowest BCUT2D eigenvalue weighted by atomic mass is 10.1. The second-order valence-electron chi connectivity index (χ2n) is 2.46. The van der Waals surface area contributed by atoms with Crippen LogP contribution >= 0.6 is 0 Å². The summed E-state index contributed by atoms with van der Waals surface area (Å²) >= 11 is 0. The second kappa shape index (κ2) is 4.31. The molecule has 5 nitrogen and oxygen atoms in total. The van der Waals surface area contributed by atoms with Gasteiger partial charge in [0.05, 0.1) is 0 Å². The third kappa shape index (κ3) is 2.24. The molecule has 0 aromatic heterocycles. The second-order valence-corrected chi connectivity index (χ2v) is 2.46. The Kier molecular flexibility index (Phi) is 3.35. The average Bonchev–Trinajstić information content (AvgIpc) is 2.16. The SMILES string of the molecule is OOC(O)c1ccccc1C(O)O. The van der Waals surface area contributed by atoms with Crippen LogP contribution in [0.25, 0.3) is 0 Å². The Balaban J connectivity index is 3.04. The molecule has 13 heavy (non-hydrogen) atoms. The molecule has 1 rings (SSSR count). The smallest absolute Gasteiger partial charge is 0.215 e. The van der Waals surface area contributed by atoms with E-state index in [1.165, 1.54) is 12.1 Å². The van der Waals surface area contributed by atoms with Gasteiger partial charge in [-0.3, -0.25) is 0 Å². The van der Waals surface area contributed by atoms with Crippen LogP contribution in [0.5, 0.6) is 0 Å². The number of hydrogen-bond donors (Lipinski definition) is 4. The topological polar surface area (TPSA) is 90.2 Å². The molecule has 0 aliphatic carbocycles. The number of aliphatic hydroxyl groups is 3. The van der Waals surface area contributed by atoms with Crippen LogP contribution in [0.15, 0.2) is 24.3 Å². The first-order valence-corrected chi connectivity index (χ1v) is 3.60. The zero-order valence-corrected chi connectivity index (χ0v) is 6.66. The highest BCUT2D eigenvalue weighted by molar-refractivity contribution is 5.28. The molecule has 0 bridgehead atoms. The Morgan fingerprint density at radius 3 is 2.00 bits per heavy atom. The lowest BCUT2D eigenvalue weighted by molar-refractivity contribution is -0.339. The Labute approximate surface area is 74.4 Å². The molecule has 1 aromatic carbocycles. The molecule has 0 radical (unpaired) electrons. The fourth-order valence-electron chi connectivity index (χ4n) is 1.03. The summed E-state index contributed by atoms with van der Waals surface area (Å²) in [7, 11) is 0. The van der Waals surface area contributed by atoms with Gasteiger partial charge in [0.2, 0.25) is 6.29 Å². The summed E-state index contributed by atoms with van der Waals surface area (Å²) in [5.74, 6) is 0. The molecule has 0 aliphatic heterocycles. The van der Waals surface area contributed by atoms with Crippen molar-refractivity contribution < 1.29 is 25.5 Å². The largest absolute Gasteiger partial charge is 0.364 e. The van der Waals surface area contributed by atoms with Crippen LogP contribution in [0.3, 0.4) is 0 Å². The molecule has 1 atom stereocenters. The van der Waals surface area contributed by atoms with Crippen LogP contribution in [0.1, 0.15) is 23.7 Å². The first-order valence-electron chi connectivity index (χ1n) is 3.60. The molecule has 72 valence electrons. The zero-order chi connectivity index (χ0) is 9.84. The summed E-state index contributed by atoms with van der Waals surface area (Å²) in [6, 6.07) is 5.96. The van der Waals surface area contributed by atoms with E-state index in [2.05, 4.69) is 4.89 Å². The van der Waals surface area contributed by atoms with Crippen LogP contribution < -0.4 is 0 Å². The minimum atomic E-state index is -1.71. The molecule has 0 saturated carbocycles. The summed E-state index contributed by atoms with van der Waals surface area (Å²) < 4.78 is 0. The molecule has 0 amide bonds. The van der Waals surface area contributed by atoms with Gasteiger partial charge in [-0.15, -0.1) is 0 Å². The van der Waals surface area contributed by atoms with Crippen LogP contribution in [-0.2, 0) is 4.89 Å². The van der Waals surface area contributed by atoms with Gasteiger partial charge in [-0.2, -0.15) is 0 Å². The highest BCUT2D eigenvalue weighted by atomic mass is 17.1. The van der Waals surface area contributed by atoms with Crippen molar-refractivity contribution in [2.45, 2.75) is 12.6 Å². The zero-order valence-electron chi connectivity index (χ0n) is 6.66. The number of rotatable bonds is 3. The van der Waals surface area contributed by atoms with Crippen molar-refractivity contribution in [2.75, 3.05) is 0 Å². The molecule has 1 aromatic rings. The standard InChI is InChI=1S/C8H10O5/c9-7(10)5-3-1-2-4-6(5)8(11)13-12/h1-4,7-12H. The Morgan fingerprint density at radius 2 is 1.54 bits per heavy atom. The van der Waals surface area contributed by atoms with Gasteiger partial charge in [0.25, 0.3) is 0 Å². The predicted octanol–water partition coefficient (Wildman–Crippen LogP) is 0.150. The number of hydrogen-bond acceptors (Lipinski definition) is 5. The van der Waals surface area contributed by atoms with Crippen molar-refractivity contribution in [3.63, 3.8) is 0 Å². The van der Waals surface area contributed by atoms with Crippen LogP contribution in [0.4, 0.5) is 0 Å². The van der Waals surface area contributed by atoms with E-state index in [0.717, 1.165) is 0 Å². The van der Waals surface area contributed by atoms with Gasteiger partial charge < -0.3 is 15.3 Å². The van der Waals surface area contributed by atoms with Gasteiger partial charge in [0, 0.05) is 11.1 Å². The van der Waals surface area contributed by atoms with Gasteiger partial charge >= 0.3 is 0 Å². The van der Waals surface area contributed by atoms with Gasteiger partial charge in [0.15, 0.2) is 6.29 Å². The van der Waals surface area contributed by atoms with Crippen molar-refractivity contribution in [1.29, 1.82) is 0 Å². The molecule has 0 spiro atoms.